The molecular formula is H4Cl2Na2Pd. The summed E-state index contributed by atoms with van der Waals surface area (Å²) in [5.74, 6) is 0. The summed E-state index contributed by atoms with van der Waals surface area (Å²) in [6, 6.07) is 0. The van der Waals surface area contributed by atoms with Crippen molar-refractivity contribution < 1.29 is 20.4 Å². The molecule has 0 amide bonds. The minimum atomic E-state index is 0. The fraction of sp³-hybridized carbons (Fsp3) is 0. The third-order valence-electron chi connectivity index (χ3n) is 0. The standard InChI is InChI=1S/2ClH.2Na.Pd.2H/h2*1H;;;;;. The molecule has 0 saturated heterocycles. The summed E-state index contributed by atoms with van der Waals surface area (Å²) in [6.07, 6.45) is 0. The smallest absolute Gasteiger partial charge is 0 e. The number of hydrogen-bond donors (Lipinski definition) is 0. The van der Waals surface area contributed by atoms with Crippen LogP contribution in [0.15, 0.2) is 0 Å². The minimum absolute atomic E-state index is 0. The van der Waals surface area contributed by atoms with Crippen LogP contribution in [0.3, 0.4) is 0 Å². The summed E-state index contributed by atoms with van der Waals surface area (Å²) in [5.41, 5.74) is 0. The maximum Gasteiger partial charge on any atom is 0 e. The zero-order valence-electron chi connectivity index (χ0n) is 1.13. The summed E-state index contributed by atoms with van der Waals surface area (Å²) >= 11 is 0. The molecule has 5 heteroatoms. The number of halogens is 2. The predicted octanol–water partition coefficient (Wildman–Crippen LogP) is -0.456. The Balaban J connectivity index is 0. The quantitative estimate of drug-likeness (QED) is 0.492. The minimum Gasteiger partial charge on any atom is 0 e. The Morgan fingerprint density at radius 2 is 0.600 bits per heavy atom. The van der Waals surface area contributed by atoms with Crippen LogP contribution in [0.1, 0.15) is 0 Å². The number of rotatable bonds is 0. The molecule has 0 atom stereocenters. The van der Waals surface area contributed by atoms with Crippen molar-refractivity contribution in [2.75, 3.05) is 0 Å². The molecule has 0 radical (unpaired) electrons. The van der Waals surface area contributed by atoms with Gasteiger partial charge in [0.25, 0.3) is 0 Å². The van der Waals surface area contributed by atoms with Gasteiger partial charge in [-0.25, -0.2) is 0 Å². The van der Waals surface area contributed by atoms with E-state index in [9.17, 15) is 0 Å². The van der Waals surface area contributed by atoms with Gasteiger partial charge in [0.15, 0.2) is 0 Å². The van der Waals surface area contributed by atoms with Gasteiger partial charge in [0, 0.05) is 20.4 Å². The van der Waals surface area contributed by atoms with E-state index in [0.29, 0.717) is 0 Å². The zero-order chi connectivity index (χ0) is 0. The van der Waals surface area contributed by atoms with Crippen molar-refractivity contribution in [1.29, 1.82) is 0 Å². The van der Waals surface area contributed by atoms with Crippen LogP contribution in [-0.2, 0) is 20.4 Å². The van der Waals surface area contributed by atoms with E-state index < -0.39 is 0 Å². The molecule has 30 valence electrons. The van der Waals surface area contributed by atoms with Gasteiger partial charge < -0.3 is 0 Å². The second kappa shape index (κ2) is 26.8. The second-order valence-corrected chi connectivity index (χ2v) is 0. The summed E-state index contributed by atoms with van der Waals surface area (Å²) in [5, 5.41) is 0. The summed E-state index contributed by atoms with van der Waals surface area (Å²) in [7, 11) is 0. The van der Waals surface area contributed by atoms with Gasteiger partial charge in [-0.05, 0) is 0 Å². The molecule has 5 heavy (non-hydrogen) atoms. The van der Waals surface area contributed by atoms with Crippen molar-refractivity contribution in [1.82, 2.24) is 0 Å². The van der Waals surface area contributed by atoms with Crippen LogP contribution in [0.5, 0.6) is 0 Å². The molecule has 0 aromatic rings. The Labute approximate surface area is 102 Å². The average Bonchev–Trinajstić information content (AvgIpc) is 0. The zero-order valence-corrected chi connectivity index (χ0v) is 4.32. The fourth-order valence-corrected chi connectivity index (χ4v) is 0. The molecule has 0 nitrogen and oxygen atoms in total. The molecule has 0 aromatic heterocycles. The SMILES string of the molecule is Cl.Cl.[NaH].[NaH].[Pd]. The van der Waals surface area contributed by atoms with E-state index in [4.69, 9.17) is 0 Å². The van der Waals surface area contributed by atoms with E-state index in [-0.39, 0.29) is 104 Å². The van der Waals surface area contributed by atoms with E-state index in [2.05, 4.69) is 0 Å². The van der Waals surface area contributed by atoms with Crippen LogP contribution < -0.4 is 0 Å². The molecule has 0 rings (SSSR count). The van der Waals surface area contributed by atoms with Gasteiger partial charge >= 0.3 is 59.1 Å². The van der Waals surface area contributed by atoms with Crippen molar-refractivity contribution in [3.8, 4) is 0 Å². The summed E-state index contributed by atoms with van der Waals surface area (Å²) < 4.78 is 0. The normalized spacial score (nSPS) is 0. The molecule has 0 N–H and O–H groups in total. The van der Waals surface area contributed by atoms with Crippen LogP contribution >= 0.6 is 24.8 Å². The summed E-state index contributed by atoms with van der Waals surface area (Å²) in [6.45, 7) is 0. The molecule has 0 unspecified atom stereocenters. The molecule has 0 bridgehead atoms. The molecular weight excluding hydrogens is 223 g/mol. The molecule has 0 aliphatic rings. The summed E-state index contributed by atoms with van der Waals surface area (Å²) in [4.78, 5) is 0. The van der Waals surface area contributed by atoms with Gasteiger partial charge in [-0.1, -0.05) is 0 Å². The monoisotopic (exact) mass is 226 g/mol. The maximum absolute atomic E-state index is 0. The van der Waals surface area contributed by atoms with Crippen molar-refractivity contribution in [2.45, 2.75) is 0 Å². The topological polar surface area (TPSA) is 0 Å². The molecule has 0 aliphatic carbocycles. The maximum atomic E-state index is 0. The van der Waals surface area contributed by atoms with Gasteiger partial charge in [0.05, 0.1) is 0 Å². The first-order valence-electron chi connectivity index (χ1n) is 0. The first kappa shape index (κ1) is 41.1. The van der Waals surface area contributed by atoms with Gasteiger partial charge in [0.2, 0.25) is 0 Å². The Bertz CT molecular complexity index is 7.61. The van der Waals surface area contributed by atoms with E-state index in [0.717, 1.165) is 0 Å². The van der Waals surface area contributed by atoms with E-state index in [1.54, 1.807) is 0 Å². The third kappa shape index (κ3) is 18.9. The van der Waals surface area contributed by atoms with Gasteiger partial charge in [-0.15, -0.1) is 24.8 Å². The largest absolute Gasteiger partial charge is 0 e. The van der Waals surface area contributed by atoms with Gasteiger partial charge in [-0.3, -0.25) is 0 Å². The molecule has 0 saturated carbocycles. The van der Waals surface area contributed by atoms with Gasteiger partial charge in [-0.2, -0.15) is 0 Å². The molecule has 0 spiro atoms. The second-order valence-electron chi connectivity index (χ2n) is 0. The van der Waals surface area contributed by atoms with Crippen LogP contribution in [0, 0.1) is 0 Å². The Kier molecular flexibility index (Phi) is 221. The third-order valence-corrected chi connectivity index (χ3v) is 0. The number of hydrogen-bond acceptors (Lipinski definition) is 0. The van der Waals surface area contributed by atoms with E-state index >= 15 is 0 Å². The average molecular weight is 227 g/mol. The fourth-order valence-electron chi connectivity index (χ4n) is 0. The first-order chi connectivity index (χ1) is 0. The van der Waals surface area contributed by atoms with E-state index in [1.165, 1.54) is 0 Å². The molecule has 0 heterocycles. The molecule has 0 fully saturated rings. The molecule has 0 aromatic carbocycles. The van der Waals surface area contributed by atoms with Crippen LogP contribution in [0.25, 0.3) is 0 Å². The first-order valence-corrected chi connectivity index (χ1v) is 0. The van der Waals surface area contributed by atoms with Crippen LogP contribution in [0.4, 0.5) is 0 Å². The molecule has 0 aliphatic heterocycles. The van der Waals surface area contributed by atoms with Gasteiger partial charge in [0.1, 0.15) is 0 Å². The van der Waals surface area contributed by atoms with Crippen LogP contribution in [-0.4, -0.2) is 59.1 Å². The van der Waals surface area contributed by atoms with Crippen LogP contribution in [0.2, 0.25) is 0 Å². The predicted molar refractivity (Wildman–Crippen MR) is 28.8 cm³/mol. The Hall–Kier alpha value is 3.24. The van der Waals surface area contributed by atoms with E-state index in [1.807, 2.05) is 0 Å². The van der Waals surface area contributed by atoms with Crippen molar-refractivity contribution in [3.05, 3.63) is 0 Å². The Morgan fingerprint density at radius 1 is 0.600 bits per heavy atom. The van der Waals surface area contributed by atoms with Crippen molar-refractivity contribution in [2.24, 2.45) is 0 Å². The Morgan fingerprint density at radius 3 is 0.600 bits per heavy atom. The van der Waals surface area contributed by atoms with Crippen molar-refractivity contribution in [3.63, 3.8) is 0 Å². The van der Waals surface area contributed by atoms with Crippen molar-refractivity contribution >= 4 is 83.9 Å².